The fourth-order valence-electron chi connectivity index (χ4n) is 2.06. The van der Waals surface area contributed by atoms with Crippen molar-refractivity contribution in [2.45, 2.75) is 0 Å². The molecule has 2 aromatic carbocycles. The number of benzene rings is 2. The molecule has 2 N–H and O–H groups in total. The summed E-state index contributed by atoms with van der Waals surface area (Å²) in [5.41, 5.74) is 7.91. The molecule has 0 aliphatic carbocycles. The summed E-state index contributed by atoms with van der Waals surface area (Å²) in [6.45, 7) is 0. The van der Waals surface area contributed by atoms with Gasteiger partial charge in [-0.3, -0.25) is 0 Å². The lowest BCUT2D eigenvalue weighted by Gasteiger charge is -2.09. The Morgan fingerprint density at radius 1 is 0.833 bits per heavy atom. The summed E-state index contributed by atoms with van der Waals surface area (Å²) >= 11 is 0. The van der Waals surface area contributed by atoms with Crippen LogP contribution in [0.4, 0.5) is 10.1 Å². The predicted octanol–water partition coefficient (Wildman–Crippen LogP) is 3.62. The predicted molar refractivity (Wildman–Crippen MR) is 71.5 cm³/mol. The van der Waals surface area contributed by atoms with Crippen molar-refractivity contribution >= 4 is 16.5 Å². The summed E-state index contributed by atoms with van der Waals surface area (Å²) in [5, 5.41) is 1.15. The number of nitrogens with zero attached hydrogens (tertiary/aromatic N) is 1. The van der Waals surface area contributed by atoms with E-state index in [9.17, 15) is 4.39 Å². The average molecular weight is 238 g/mol. The fraction of sp³-hybridized carbons (Fsp3) is 0. The smallest absolute Gasteiger partial charge is 0.221 e. The van der Waals surface area contributed by atoms with Gasteiger partial charge in [-0.25, -0.2) is 4.98 Å². The molecule has 0 aliphatic heterocycles. The van der Waals surface area contributed by atoms with Gasteiger partial charge in [0.25, 0.3) is 0 Å². The summed E-state index contributed by atoms with van der Waals surface area (Å²) in [7, 11) is 0. The molecule has 0 amide bonds. The first-order chi connectivity index (χ1) is 8.77. The third-order valence-electron chi connectivity index (χ3n) is 2.95. The van der Waals surface area contributed by atoms with Gasteiger partial charge < -0.3 is 5.73 Å². The van der Waals surface area contributed by atoms with Gasteiger partial charge in [0.1, 0.15) is 0 Å². The molecule has 0 aliphatic rings. The highest BCUT2D eigenvalue weighted by Gasteiger charge is 2.12. The van der Waals surface area contributed by atoms with E-state index < -0.39 is 5.95 Å². The second-order valence-corrected chi connectivity index (χ2v) is 4.08. The standard InChI is InChI=1S/C15H11FN2/c16-15-12-9-5-4-8-11(12)13(17)14(18-15)10-6-2-1-3-7-10/h1-9H,17H2. The van der Waals surface area contributed by atoms with Crippen LogP contribution in [0.25, 0.3) is 22.0 Å². The van der Waals surface area contributed by atoms with Gasteiger partial charge in [-0.1, -0.05) is 48.5 Å². The van der Waals surface area contributed by atoms with Gasteiger partial charge in [0.15, 0.2) is 0 Å². The lowest BCUT2D eigenvalue weighted by Crippen LogP contribution is -1.98. The molecule has 0 unspecified atom stereocenters. The SMILES string of the molecule is Nc1c(-c2ccccc2)nc(F)c2ccccc12. The summed E-state index contributed by atoms with van der Waals surface area (Å²) < 4.78 is 13.9. The zero-order valence-electron chi connectivity index (χ0n) is 9.60. The van der Waals surface area contributed by atoms with Gasteiger partial charge >= 0.3 is 0 Å². The van der Waals surface area contributed by atoms with Crippen LogP contribution in [-0.4, -0.2) is 4.98 Å². The minimum Gasteiger partial charge on any atom is -0.396 e. The van der Waals surface area contributed by atoms with Crippen LogP contribution < -0.4 is 5.73 Å². The van der Waals surface area contributed by atoms with Crippen molar-refractivity contribution in [3.8, 4) is 11.3 Å². The molecule has 0 atom stereocenters. The summed E-state index contributed by atoms with van der Waals surface area (Å²) in [6.07, 6.45) is 0. The van der Waals surface area contributed by atoms with Crippen LogP contribution >= 0.6 is 0 Å². The number of halogens is 1. The van der Waals surface area contributed by atoms with Gasteiger partial charge in [0.05, 0.1) is 11.4 Å². The number of nitrogen functional groups attached to an aromatic ring is 1. The van der Waals surface area contributed by atoms with Crippen molar-refractivity contribution in [2.24, 2.45) is 0 Å². The van der Waals surface area contributed by atoms with Crippen LogP contribution in [0, 0.1) is 5.95 Å². The van der Waals surface area contributed by atoms with E-state index in [4.69, 9.17) is 5.73 Å². The molecule has 0 fully saturated rings. The van der Waals surface area contributed by atoms with Crippen molar-refractivity contribution in [1.29, 1.82) is 0 Å². The summed E-state index contributed by atoms with van der Waals surface area (Å²) in [4.78, 5) is 3.98. The van der Waals surface area contributed by atoms with Gasteiger partial charge in [0, 0.05) is 16.3 Å². The van der Waals surface area contributed by atoms with Crippen molar-refractivity contribution in [2.75, 3.05) is 5.73 Å². The third kappa shape index (κ3) is 1.61. The zero-order chi connectivity index (χ0) is 12.5. The summed E-state index contributed by atoms with van der Waals surface area (Å²) in [6, 6.07) is 16.5. The maximum Gasteiger partial charge on any atom is 0.221 e. The first-order valence-electron chi connectivity index (χ1n) is 5.66. The van der Waals surface area contributed by atoms with E-state index in [1.165, 1.54) is 0 Å². The van der Waals surface area contributed by atoms with E-state index in [0.29, 0.717) is 22.2 Å². The minimum absolute atomic E-state index is 0.453. The van der Waals surface area contributed by atoms with Gasteiger partial charge in [-0.2, -0.15) is 4.39 Å². The van der Waals surface area contributed by atoms with Gasteiger partial charge in [-0.15, -0.1) is 0 Å². The second-order valence-electron chi connectivity index (χ2n) is 4.08. The quantitative estimate of drug-likeness (QED) is 0.657. The molecule has 3 aromatic rings. The van der Waals surface area contributed by atoms with Crippen molar-refractivity contribution < 1.29 is 4.39 Å². The number of anilines is 1. The molecule has 1 aromatic heterocycles. The zero-order valence-corrected chi connectivity index (χ0v) is 9.60. The van der Waals surface area contributed by atoms with Crippen LogP contribution in [0.2, 0.25) is 0 Å². The monoisotopic (exact) mass is 238 g/mol. The number of rotatable bonds is 1. The van der Waals surface area contributed by atoms with E-state index in [0.717, 1.165) is 5.56 Å². The molecule has 0 saturated heterocycles. The number of hydrogen-bond acceptors (Lipinski definition) is 2. The van der Waals surface area contributed by atoms with Gasteiger partial charge in [-0.05, 0) is 6.07 Å². The molecule has 18 heavy (non-hydrogen) atoms. The Labute approximate surface area is 104 Å². The Balaban J connectivity index is 2.35. The van der Waals surface area contributed by atoms with Crippen LogP contribution in [0.15, 0.2) is 54.6 Å². The highest BCUT2D eigenvalue weighted by Crippen LogP contribution is 2.31. The van der Waals surface area contributed by atoms with E-state index >= 15 is 0 Å². The van der Waals surface area contributed by atoms with E-state index in [-0.39, 0.29) is 0 Å². The Hall–Kier alpha value is -2.42. The highest BCUT2D eigenvalue weighted by molar-refractivity contribution is 5.98. The van der Waals surface area contributed by atoms with Crippen molar-refractivity contribution in [1.82, 2.24) is 4.98 Å². The van der Waals surface area contributed by atoms with Crippen LogP contribution in [0.5, 0.6) is 0 Å². The number of nitrogens with two attached hydrogens (primary N) is 1. The Kier molecular flexibility index (Phi) is 2.45. The maximum atomic E-state index is 13.9. The Bertz CT molecular complexity index is 708. The molecule has 0 spiro atoms. The lowest BCUT2D eigenvalue weighted by molar-refractivity contribution is 0.598. The normalized spacial score (nSPS) is 10.7. The highest BCUT2D eigenvalue weighted by atomic mass is 19.1. The van der Waals surface area contributed by atoms with E-state index in [1.54, 1.807) is 12.1 Å². The third-order valence-corrected chi connectivity index (χ3v) is 2.95. The molecule has 88 valence electrons. The van der Waals surface area contributed by atoms with Crippen LogP contribution in [-0.2, 0) is 0 Å². The lowest BCUT2D eigenvalue weighted by atomic mass is 10.0. The van der Waals surface area contributed by atoms with E-state index in [1.807, 2.05) is 42.5 Å². The van der Waals surface area contributed by atoms with Crippen LogP contribution in [0.3, 0.4) is 0 Å². The van der Waals surface area contributed by atoms with Gasteiger partial charge in [0.2, 0.25) is 5.95 Å². The summed E-state index contributed by atoms with van der Waals surface area (Å²) in [5.74, 6) is -0.487. The molecule has 3 rings (SSSR count). The number of aromatic nitrogens is 1. The molecule has 0 bridgehead atoms. The maximum absolute atomic E-state index is 13.9. The largest absolute Gasteiger partial charge is 0.396 e. The average Bonchev–Trinajstić information content (AvgIpc) is 2.44. The Morgan fingerprint density at radius 2 is 1.44 bits per heavy atom. The second kappa shape index (κ2) is 4.11. The fourth-order valence-corrected chi connectivity index (χ4v) is 2.06. The molecule has 3 heteroatoms. The molecular weight excluding hydrogens is 227 g/mol. The van der Waals surface area contributed by atoms with Crippen LogP contribution in [0.1, 0.15) is 0 Å². The van der Waals surface area contributed by atoms with Crippen molar-refractivity contribution in [3.63, 3.8) is 0 Å². The number of hydrogen-bond donors (Lipinski definition) is 1. The number of pyridine rings is 1. The topological polar surface area (TPSA) is 38.9 Å². The minimum atomic E-state index is -0.487. The van der Waals surface area contributed by atoms with E-state index in [2.05, 4.69) is 4.98 Å². The van der Waals surface area contributed by atoms with Crippen molar-refractivity contribution in [3.05, 3.63) is 60.5 Å². The molecular formula is C15H11FN2. The molecule has 2 nitrogen and oxygen atoms in total. The Morgan fingerprint density at radius 3 is 2.17 bits per heavy atom. The molecule has 0 saturated carbocycles. The molecule has 0 radical (unpaired) electrons. The number of fused-ring (bicyclic) bond motifs is 1. The molecule has 1 heterocycles. The first-order valence-corrected chi connectivity index (χ1v) is 5.66. The first kappa shape index (κ1) is 10.7.